The summed E-state index contributed by atoms with van der Waals surface area (Å²) >= 11 is 0. The number of hydrogen-bond donors (Lipinski definition) is 0. The van der Waals surface area contributed by atoms with Gasteiger partial charge in [-0.05, 0) is 55.6 Å². The third kappa shape index (κ3) is 5.24. The lowest BCUT2D eigenvalue weighted by Crippen LogP contribution is -2.24. The van der Waals surface area contributed by atoms with Gasteiger partial charge in [0, 0.05) is 18.7 Å². The highest BCUT2D eigenvalue weighted by atomic mass is 16.5. The number of methoxy groups -OCH3 is 2. The third-order valence-electron chi connectivity index (χ3n) is 4.12. The van der Waals surface area contributed by atoms with Gasteiger partial charge in [-0.15, -0.1) is 0 Å². The Morgan fingerprint density at radius 1 is 0.889 bits per heavy atom. The van der Waals surface area contributed by atoms with E-state index < -0.39 is 0 Å². The van der Waals surface area contributed by atoms with Gasteiger partial charge in [0.2, 0.25) is 5.89 Å². The molecule has 27 heavy (non-hydrogen) atoms. The molecule has 0 aliphatic heterocycles. The Morgan fingerprint density at radius 2 is 1.48 bits per heavy atom. The lowest BCUT2D eigenvalue weighted by atomic mass is 10.2. The maximum absolute atomic E-state index is 5.76. The number of hydrogen-bond acceptors (Lipinski definition) is 6. The van der Waals surface area contributed by atoms with Gasteiger partial charge >= 0.3 is 0 Å². The van der Waals surface area contributed by atoms with E-state index in [0.717, 1.165) is 35.1 Å². The van der Waals surface area contributed by atoms with Gasteiger partial charge < -0.3 is 18.6 Å². The minimum Gasteiger partial charge on any atom is -0.497 e. The molecule has 3 rings (SSSR count). The number of aromatic nitrogens is 1. The van der Waals surface area contributed by atoms with Crippen LogP contribution in [0.1, 0.15) is 5.69 Å². The Kier molecular flexibility index (Phi) is 6.33. The first-order valence-electron chi connectivity index (χ1n) is 8.72. The third-order valence-corrected chi connectivity index (χ3v) is 4.12. The Morgan fingerprint density at radius 3 is 2.11 bits per heavy atom. The predicted octanol–water partition coefficient (Wildman–Crippen LogP) is 3.87. The predicted molar refractivity (Wildman–Crippen MR) is 103 cm³/mol. The van der Waals surface area contributed by atoms with Crippen LogP contribution in [0.5, 0.6) is 17.2 Å². The molecular weight excluding hydrogens is 344 g/mol. The number of rotatable bonds is 9. The van der Waals surface area contributed by atoms with Gasteiger partial charge in [-0.25, -0.2) is 4.98 Å². The first kappa shape index (κ1) is 18.8. The van der Waals surface area contributed by atoms with Crippen molar-refractivity contribution in [3.63, 3.8) is 0 Å². The van der Waals surface area contributed by atoms with Crippen molar-refractivity contribution in [2.75, 3.05) is 34.4 Å². The van der Waals surface area contributed by atoms with Crippen LogP contribution in [0.3, 0.4) is 0 Å². The molecule has 0 atom stereocenters. The van der Waals surface area contributed by atoms with Crippen molar-refractivity contribution in [3.8, 4) is 28.7 Å². The molecule has 0 fully saturated rings. The van der Waals surface area contributed by atoms with Crippen LogP contribution in [-0.4, -0.2) is 44.3 Å². The van der Waals surface area contributed by atoms with Crippen molar-refractivity contribution in [3.05, 3.63) is 60.5 Å². The van der Waals surface area contributed by atoms with Crippen molar-refractivity contribution in [2.45, 2.75) is 6.54 Å². The zero-order valence-corrected chi connectivity index (χ0v) is 15.8. The molecule has 0 amide bonds. The summed E-state index contributed by atoms with van der Waals surface area (Å²) in [4.78, 5) is 6.70. The fourth-order valence-corrected chi connectivity index (χ4v) is 2.59. The average molecular weight is 368 g/mol. The van der Waals surface area contributed by atoms with Gasteiger partial charge in [-0.2, -0.15) is 0 Å². The Labute approximate surface area is 159 Å². The molecule has 0 saturated heterocycles. The normalized spacial score (nSPS) is 10.8. The average Bonchev–Trinajstić information content (AvgIpc) is 3.17. The quantitative estimate of drug-likeness (QED) is 0.571. The Bertz CT molecular complexity index is 828. The van der Waals surface area contributed by atoms with Crippen molar-refractivity contribution in [1.29, 1.82) is 0 Å². The molecule has 3 aromatic rings. The summed E-state index contributed by atoms with van der Waals surface area (Å²) in [5, 5.41) is 0. The summed E-state index contributed by atoms with van der Waals surface area (Å²) in [5.74, 6) is 3.06. The molecule has 0 saturated carbocycles. The minimum absolute atomic E-state index is 0.589. The maximum Gasteiger partial charge on any atom is 0.226 e. The van der Waals surface area contributed by atoms with Crippen LogP contribution in [-0.2, 0) is 6.54 Å². The fourth-order valence-electron chi connectivity index (χ4n) is 2.59. The summed E-state index contributed by atoms with van der Waals surface area (Å²) in [6, 6.07) is 15.2. The topological polar surface area (TPSA) is 57.0 Å². The Balaban J connectivity index is 1.47. The molecule has 1 heterocycles. The molecule has 0 unspecified atom stereocenters. The fraction of sp³-hybridized carbons (Fsp3) is 0.286. The lowest BCUT2D eigenvalue weighted by molar-refractivity contribution is 0.231. The molecule has 0 aliphatic rings. The molecule has 6 nitrogen and oxygen atoms in total. The number of benzene rings is 2. The summed E-state index contributed by atoms with van der Waals surface area (Å²) in [7, 11) is 5.32. The second-order valence-corrected chi connectivity index (χ2v) is 6.13. The first-order chi connectivity index (χ1) is 13.2. The highest BCUT2D eigenvalue weighted by Gasteiger charge is 2.09. The number of ether oxygens (including phenoxy) is 3. The minimum atomic E-state index is 0.589. The molecule has 142 valence electrons. The zero-order chi connectivity index (χ0) is 19.1. The van der Waals surface area contributed by atoms with Gasteiger partial charge in [0.15, 0.2) is 0 Å². The smallest absolute Gasteiger partial charge is 0.226 e. The van der Waals surface area contributed by atoms with E-state index in [4.69, 9.17) is 18.6 Å². The van der Waals surface area contributed by atoms with E-state index >= 15 is 0 Å². The maximum atomic E-state index is 5.76. The molecule has 0 spiro atoms. The monoisotopic (exact) mass is 368 g/mol. The summed E-state index contributed by atoms with van der Waals surface area (Å²) in [5.41, 5.74) is 1.81. The molecule has 0 bridgehead atoms. The summed E-state index contributed by atoms with van der Waals surface area (Å²) in [6.07, 6.45) is 1.69. The van der Waals surface area contributed by atoms with Crippen LogP contribution < -0.4 is 14.2 Å². The van der Waals surface area contributed by atoms with E-state index in [1.807, 2.05) is 55.6 Å². The van der Waals surface area contributed by atoms with Crippen molar-refractivity contribution >= 4 is 0 Å². The second-order valence-electron chi connectivity index (χ2n) is 6.13. The van der Waals surface area contributed by atoms with E-state index in [1.54, 1.807) is 20.5 Å². The van der Waals surface area contributed by atoms with E-state index in [9.17, 15) is 0 Å². The highest BCUT2D eigenvalue weighted by Crippen LogP contribution is 2.22. The molecule has 0 N–H and O–H groups in total. The second kappa shape index (κ2) is 9.09. The van der Waals surface area contributed by atoms with E-state index in [-0.39, 0.29) is 0 Å². The molecule has 0 radical (unpaired) electrons. The van der Waals surface area contributed by atoms with Crippen LogP contribution in [0, 0.1) is 0 Å². The zero-order valence-electron chi connectivity index (χ0n) is 15.8. The van der Waals surface area contributed by atoms with E-state index in [0.29, 0.717) is 19.0 Å². The van der Waals surface area contributed by atoms with Crippen molar-refractivity contribution in [1.82, 2.24) is 9.88 Å². The molecule has 0 aliphatic carbocycles. The van der Waals surface area contributed by atoms with Gasteiger partial charge in [0.25, 0.3) is 0 Å². The van der Waals surface area contributed by atoms with Gasteiger partial charge in [0.05, 0.1) is 19.9 Å². The molecular formula is C21H24N2O4. The standard InChI is InChI=1S/C21H24N2O4/c1-23(12-13-26-20-10-8-19(25-3)9-11-20)14-17-15-27-21(22-17)16-4-6-18(24-2)7-5-16/h4-11,15H,12-14H2,1-3H3. The van der Waals surface area contributed by atoms with Crippen LogP contribution in [0.2, 0.25) is 0 Å². The Hall–Kier alpha value is -2.99. The van der Waals surface area contributed by atoms with Crippen LogP contribution in [0.25, 0.3) is 11.5 Å². The van der Waals surface area contributed by atoms with Crippen LogP contribution in [0.4, 0.5) is 0 Å². The number of nitrogens with zero attached hydrogens (tertiary/aromatic N) is 2. The van der Waals surface area contributed by atoms with Crippen molar-refractivity contribution in [2.24, 2.45) is 0 Å². The largest absolute Gasteiger partial charge is 0.497 e. The van der Waals surface area contributed by atoms with Crippen molar-refractivity contribution < 1.29 is 18.6 Å². The lowest BCUT2D eigenvalue weighted by Gasteiger charge is -2.15. The van der Waals surface area contributed by atoms with E-state index in [1.165, 1.54) is 0 Å². The van der Waals surface area contributed by atoms with Gasteiger partial charge in [-0.3, -0.25) is 4.90 Å². The van der Waals surface area contributed by atoms with Gasteiger partial charge in [0.1, 0.15) is 30.1 Å². The van der Waals surface area contributed by atoms with Crippen LogP contribution >= 0.6 is 0 Å². The SMILES string of the molecule is COc1ccc(OCCN(C)Cc2coc(-c3ccc(OC)cc3)n2)cc1. The highest BCUT2D eigenvalue weighted by molar-refractivity contribution is 5.54. The molecule has 2 aromatic carbocycles. The molecule has 6 heteroatoms. The summed E-state index contributed by atoms with van der Waals surface area (Å²) < 4.78 is 21.7. The molecule has 1 aromatic heterocycles. The number of oxazole rings is 1. The van der Waals surface area contributed by atoms with Gasteiger partial charge in [-0.1, -0.05) is 0 Å². The van der Waals surface area contributed by atoms with E-state index in [2.05, 4.69) is 9.88 Å². The summed E-state index contributed by atoms with van der Waals surface area (Å²) in [6.45, 7) is 2.05. The van der Waals surface area contributed by atoms with Crippen LogP contribution in [0.15, 0.2) is 59.2 Å². The first-order valence-corrected chi connectivity index (χ1v) is 8.72. The number of likely N-dealkylation sites (N-methyl/N-ethyl adjacent to an activating group) is 1.